The van der Waals surface area contributed by atoms with E-state index in [0.29, 0.717) is 12.0 Å². The van der Waals surface area contributed by atoms with E-state index >= 15 is 0 Å². The molecule has 0 amide bonds. The van der Waals surface area contributed by atoms with Gasteiger partial charge in [-0.05, 0) is 30.4 Å². The van der Waals surface area contributed by atoms with Crippen molar-refractivity contribution in [3.63, 3.8) is 0 Å². The molecule has 18 heavy (non-hydrogen) atoms. The Morgan fingerprint density at radius 1 is 1.17 bits per heavy atom. The minimum absolute atomic E-state index is 0.0966. The average molecular weight is 258 g/mol. The lowest BCUT2D eigenvalue weighted by molar-refractivity contribution is -0.138. The number of alkyl halides is 3. The van der Waals surface area contributed by atoms with Crippen molar-refractivity contribution in [3.05, 3.63) is 34.9 Å². The van der Waals surface area contributed by atoms with Crippen LogP contribution < -0.4 is 0 Å². The zero-order valence-corrected chi connectivity index (χ0v) is 11.0. The Balaban J connectivity index is 3.27. The van der Waals surface area contributed by atoms with Crippen LogP contribution in [-0.2, 0) is 12.6 Å². The topological polar surface area (TPSA) is 17.1 Å². The van der Waals surface area contributed by atoms with Gasteiger partial charge in [-0.2, -0.15) is 13.2 Å². The molecule has 100 valence electrons. The molecule has 0 saturated carbocycles. The average Bonchev–Trinajstić information content (AvgIpc) is 2.13. The number of rotatable bonds is 2. The predicted molar refractivity (Wildman–Crippen MR) is 64.6 cm³/mol. The molecule has 1 aromatic rings. The fraction of sp³-hybridized carbons (Fsp3) is 0.500. The molecule has 0 atom stereocenters. The van der Waals surface area contributed by atoms with Crippen molar-refractivity contribution in [1.29, 1.82) is 0 Å². The molecule has 0 heterocycles. The Hall–Kier alpha value is -1.32. The number of halogens is 3. The SMILES string of the molecule is CC(=O)c1ccc(CC(C)(C)C)cc1C(F)(F)F. The molecule has 0 saturated heterocycles. The van der Waals surface area contributed by atoms with Gasteiger partial charge >= 0.3 is 6.18 Å². The molecule has 0 aliphatic rings. The van der Waals surface area contributed by atoms with Crippen LogP contribution in [0.2, 0.25) is 0 Å². The maximum absolute atomic E-state index is 12.9. The van der Waals surface area contributed by atoms with E-state index in [1.54, 1.807) is 6.07 Å². The molecule has 0 N–H and O–H groups in total. The van der Waals surface area contributed by atoms with Gasteiger partial charge in [-0.3, -0.25) is 4.79 Å². The van der Waals surface area contributed by atoms with Crippen LogP contribution in [0, 0.1) is 5.41 Å². The van der Waals surface area contributed by atoms with E-state index in [2.05, 4.69) is 0 Å². The van der Waals surface area contributed by atoms with Crippen LogP contribution in [0.3, 0.4) is 0 Å². The summed E-state index contributed by atoms with van der Waals surface area (Å²) in [6, 6.07) is 3.95. The highest BCUT2D eigenvalue weighted by Crippen LogP contribution is 2.34. The first-order valence-electron chi connectivity index (χ1n) is 5.72. The summed E-state index contributed by atoms with van der Waals surface area (Å²) in [6.45, 7) is 7.02. The standard InChI is InChI=1S/C14H17F3O/c1-9(18)11-6-5-10(8-13(2,3)4)7-12(11)14(15,16)17/h5-7H,8H2,1-4H3. The van der Waals surface area contributed by atoms with Crippen LogP contribution in [0.25, 0.3) is 0 Å². The minimum atomic E-state index is -4.49. The molecule has 0 radical (unpaired) electrons. The first kappa shape index (κ1) is 14.7. The van der Waals surface area contributed by atoms with Crippen molar-refractivity contribution in [2.45, 2.75) is 40.3 Å². The van der Waals surface area contributed by atoms with Crippen molar-refractivity contribution in [3.8, 4) is 0 Å². The van der Waals surface area contributed by atoms with Gasteiger partial charge < -0.3 is 0 Å². The fourth-order valence-corrected chi connectivity index (χ4v) is 1.86. The van der Waals surface area contributed by atoms with E-state index in [4.69, 9.17) is 0 Å². The summed E-state index contributed by atoms with van der Waals surface area (Å²) in [6.07, 6.45) is -3.96. The Morgan fingerprint density at radius 3 is 2.11 bits per heavy atom. The fourth-order valence-electron chi connectivity index (χ4n) is 1.86. The van der Waals surface area contributed by atoms with Crippen molar-refractivity contribution in [1.82, 2.24) is 0 Å². The van der Waals surface area contributed by atoms with Crippen LogP contribution in [0.15, 0.2) is 18.2 Å². The van der Waals surface area contributed by atoms with E-state index in [1.807, 2.05) is 20.8 Å². The monoisotopic (exact) mass is 258 g/mol. The third-order valence-electron chi connectivity index (χ3n) is 2.50. The van der Waals surface area contributed by atoms with E-state index < -0.39 is 17.5 Å². The molecule has 0 spiro atoms. The molecule has 0 bridgehead atoms. The van der Waals surface area contributed by atoms with Crippen molar-refractivity contribution < 1.29 is 18.0 Å². The third-order valence-corrected chi connectivity index (χ3v) is 2.50. The van der Waals surface area contributed by atoms with Gasteiger partial charge in [0.05, 0.1) is 5.56 Å². The van der Waals surface area contributed by atoms with Crippen molar-refractivity contribution in [2.24, 2.45) is 5.41 Å². The van der Waals surface area contributed by atoms with Gasteiger partial charge in [-0.1, -0.05) is 32.9 Å². The Morgan fingerprint density at radius 2 is 1.72 bits per heavy atom. The van der Waals surface area contributed by atoms with Gasteiger partial charge in [-0.15, -0.1) is 0 Å². The van der Waals surface area contributed by atoms with E-state index in [9.17, 15) is 18.0 Å². The van der Waals surface area contributed by atoms with Crippen LogP contribution in [-0.4, -0.2) is 5.78 Å². The molecule has 1 aromatic carbocycles. The molecule has 0 unspecified atom stereocenters. The van der Waals surface area contributed by atoms with E-state index in [0.717, 1.165) is 13.0 Å². The van der Waals surface area contributed by atoms with Crippen molar-refractivity contribution in [2.75, 3.05) is 0 Å². The maximum Gasteiger partial charge on any atom is 0.417 e. The van der Waals surface area contributed by atoms with Gasteiger partial charge in [0.15, 0.2) is 5.78 Å². The summed E-state index contributed by atoms with van der Waals surface area (Å²) >= 11 is 0. The number of Topliss-reactive ketones (excluding diaryl/α,β-unsaturated/α-hetero) is 1. The van der Waals surface area contributed by atoms with Gasteiger partial charge in [0.25, 0.3) is 0 Å². The first-order chi connectivity index (χ1) is 8.00. The van der Waals surface area contributed by atoms with Gasteiger partial charge in [-0.25, -0.2) is 0 Å². The zero-order valence-electron chi connectivity index (χ0n) is 11.0. The second-order valence-electron chi connectivity index (χ2n) is 5.67. The predicted octanol–water partition coefficient (Wildman–Crippen LogP) is 4.50. The molecule has 0 aromatic heterocycles. The number of hydrogen-bond donors (Lipinski definition) is 0. The Kier molecular flexibility index (Phi) is 3.89. The number of carbonyl (C=O) groups is 1. The molecular formula is C14H17F3O. The summed E-state index contributed by atoms with van der Waals surface area (Å²) in [4.78, 5) is 11.2. The Labute approximate surface area is 105 Å². The lowest BCUT2D eigenvalue weighted by Gasteiger charge is -2.20. The molecular weight excluding hydrogens is 241 g/mol. The molecule has 4 heteroatoms. The number of benzene rings is 1. The maximum atomic E-state index is 12.9. The van der Waals surface area contributed by atoms with Crippen LogP contribution in [0.4, 0.5) is 13.2 Å². The molecule has 1 nitrogen and oxygen atoms in total. The smallest absolute Gasteiger partial charge is 0.294 e. The third kappa shape index (κ3) is 3.86. The van der Waals surface area contributed by atoms with Gasteiger partial charge in [0, 0.05) is 5.56 Å². The van der Waals surface area contributed by atoms with Crippen molar-refractivity contribution >= 4 is 5.78 Å². The van der Waals surface area contributed by atoms with Gasteiger partial charge in [0.2, 0.25) is 0 Å². The summed E-state index contributed by atoms with van der Waals surface area (Å²) in [5.74, 6) is -0.565. The summed E-state index contributed by atoms with van der Waals surface area (Å²) in [5, 5.41) is 0. The second kappa shape index (κ2) is 4.75. The largest absolute Gasteiger partial charge is 0.417 e. The van der Waals surface area contributed by atoms with E-state index in [1.165, 1.54) is 6.07 Å². The van der Waals surface area contributed by atoms with E-state index in [-0.39, 0.29) is 11.0 Å². The molecule has 0 aliphatic heterocycles. The number of hydrogen-bond acceptors (Lipinski definition) is 1. The first-order valence-corrected chi connectivity index (χ1v) is 5.72. The highest BCUT2D eigenvalue weighted by Gasteiger charge is 2.34. The highest BCUT2D eigenvalue weighted by atomic mass is 19.4. The van der Waals surface area contributed by atoms with Crippen LogP contribution in [0.1, 0.15) is 49.2 Å². The number of ketones is 1. The number of carbonyl (C=O) groups excluding carboxylic acids is 1. The minimum Gasteiger partial charge on any atom is -0.294 e. The molecule has 0 fully saturated rings. The quantitative estimate of drug-likeness (QED) is 0.714. The summed E-state index contributed by atoms with van der Waals surface area (Å²) < 4.78 is 38.6. The summed E-state index contributed by atoms with van der Waals surface area (Å²) in [5.41, 5.74) is -0.600. The zero-order chi connectivity index (χ0) is 14.1. The molecule has 0 aliphatic carbocycles. The normalized spacial score (nSPS) is 12.6. The van der Waals surface area contributed by atoms with Crippen LogP contribution in [0.5, 0.6) is 0 Å². The lowest BCUT2D eigenvalue weighted by atomic mass is 9.86. The Bertz CT molecular complexity index is 453. The highest BCUT2D eigenvalue weighted by molar-refractivity contribution is 5.95. The second-order valence-corrected chi connectivity index (χ2v) is 5.67. The lowest BCUT2D eigenvalue weighted by Crippen LogP contribution is -2.14. The summed E-state index contributed by atoms with van der Waals surface area (Å²) in [7, 11) is 0. The van der Waals surface area contributed by atoms with Gasteiger partial charge in [0.1, 0.15) is 0 Å². The molecule has 1 rings (SSSR count). The van der Waals surface area contributed by atoms with Crippen LogP contribution >= 0.6 is 0 Å².